The minimum atomic E-state index is -0.914. The number of aromatic hydroxyl groups is 1. The molecular weight excluding hydrogens is 485 g/mol. The maximum Gasteiger partial charge on any atom is 0.235 e. The number of hydrogen-bond donors (Lipinski definition) is 4. The number of fused-ring (bicyclic) bond motifs is 4. The van der Waals surface area contributed by atoms with E-state index in [0.717, 1.165) is 22.2 Å². The van der Waals surface area contributed by atoms with E-state index < -0.39 is 11.2 Å². The van der Waals surface area contributed by atoms with E-state index in [9.17, 15) is 19.1 Å². The normalized spacial score (nSPS) is 24.1. The standard InChI is InChI=1S/C27H29ClFN3O4/c1-27-14-18-17-12-20(28)21(29)13-22(17)31-25(18)24(15-3-2-4-16(34)11-15)19(27)5-6-23(35)32(26(27)36)9-7-30-8-10-33/h2-4,11-13,19,24,30-31,33-34H,5-10,14H2,1H3/t19?,24-,27+/m0/s1. The van der Waals surface area contributed by atoms with Gasteiger partial charge in [-0.25, -0.2) is 4.39 Å². The highest BCUT2D eigenvalue weighted by Crippen LogP contribution is 2.55. The Kier molecular flexibility index (Phi) is 6.53. The zero-order valence-electron chi connectivity index (χ0n) is 20.0. The maximum atomic E-state index is 14.3. The van der Waals surface area contributed by atoms with Gasteiger partial charge in [-0.15, -0.1) is 0 Å². The van der Waals surface area contributed by atoms with Gasteiger partial charge in [-0.05, 0) is 54.2 Å². The van der Waals surface area contributed by atoms with E-state index in [4.69, 9.17) is 16.7 Å². The first-order valence-electron chi connectivity index (χ1n) is 12.2. The van der Waals surface area contributed by atoms with Crippen LogP contribution in [-0.4, -0.2) is 58.2 Å². The van der Waals surface area contributed by atoms with Crippen molar-refractivity contribution in [2.45, 2.75) is 32.1 Å². The summed E-state index contributed by atoms with van der Waals surface area (Å²) in [5, 5.41) is 23.1. The molecule has 5 rings (SSSR count). The van der Waals surface area contributed by atoms with Crippen molar-refractivity contribution < 1.29 is 24.2 Å². The van der Waals surface area contributed by atoms with Crippen molar-refractivity contribution in [3.05, 3.63) is 64.1 Å². The molecule has 1 aliphatic heterocycles. The van der Waals surface area contributed by atoms with E-state index in [2.05, 4.69) is 10.3 Å². The zero-order valence-corrected chi connectivity index (χ0v) is 20.7. The predicted octanol–water partition coefficient (Wildman–Crippen LogP) is 3.71. The Morgan fingerprint density at radius 3 is 2.81 bits per heavy atom. The SMILES string of the molecule is C[C@@]12Cc3c([nH]c4cc(F)c(Cl)cc34)[C@@H](c3cccc(O)c3)C1CCC(=O)N(CCNCCO)C2=O. The first-order valence-corrected chi connectivity index (χ1v) is 12.6. The third-order valence-electron chi connectivity index (χ3n) is 7.79. The van der Waals surface area contributed by atoms with Crippen LogP contribution in [0.5, 0.6) is 5.75 Å². The van der Waals surface area contributed by atoms with Crippen molar-refractivity contribution >= 4 is 34.3 Å². The number of phenolic OH excluding ortho intramolecular Hbond substituents is 1. The maximum absolute atomic E-state index is 14.3. The molecule has 1 fully saturated rings. The van der Waals surface area contributed by atoms with Gasteiger partial charge in [-0.2, -0.15) is 0 Å². The Hall–Kier alpha value is -2.94. The van der Waals surface area contributed by atoms with Crippen LogP contribution in [0.1, 0.15) is 42.5 Å². The van der Waals surface area contributed by atoms with Crippen molar-refractivity contribution in [2.75, 3.05) is 26.2 Å². The highest BCUT2D eigenvalue weighted by Gasteiger charge is 2.54. The number of hydrogen-bond acceptors (Lipinski definition) is 5. The number of carbonyl (C=O) groups excluding carboxylic acids is 2. The summed E-state index contributed by atoms with van der Waals surface area (Å²) in [6.07, 6.45) is 1.08. The smallest absolute Gasteiger partial charge is 0.235 e. The molecular formula is C27H29ClFN3O4. The average Bonchev–Trinajstić information content (AvgIpc) is 3.14. The molecule has 0 radical (unpaired) electrons. The second kappa shape index (κ2) is 9.50. The van der Waals surface area contributed by atoms with Gasteiger partial charge in [0.15, 0.2) is 0 Å². The lowest BCUT2D eigenvalue weighted by atomic mass is 9.59. The number of H-pyrrole nitrogens is 1. The number of rotatable bonds is 6. The molecule has 0 spiro atoms. The van der Waals surface area contributed by atoms with Crippen LogP contribution in [0, 0.1) is 17.2 Å². The van der Waals surface area contributed by atoms with Gasteiger partial charge in [0.25, 0.3) is 0 Å². The minimum absolute atomic E-state index is 0.00411. The van der Waals surface area contributed by atoms with Gasteiger partial charge in [-0.3, -0.25) is 14.5 Å². The van der Waals surface area contributed by atoms with Crippen LogP contribution in [0.25, 0.3) is 10.9 Å². The van der Waals surface area contributed by atoms with Crippen molar-refractivity contribution in [3.8, 4) is 5.75 Å². The summed E-state index contributed by atoms with van der Waals surface area (Å²) in [5.74, 6) is -1.41. The molecule has 1 unspecified atom stereocenters. The molecule has 2 aromatic carbocycles. The summed E-state index contributed by atoms with van der Waals surface area (Å²) in [7, 11) is 0. The second-order valence-corrected chi connectivity index (χ2v) is 10.4. The lowest BCUT2D eigenvalue weighted by Gasteiger charge is -2.45. The van der Waals surface area contributed by atoms with Crippen LogP contribution >= 0.6 is 11.6 Å². The summed E-state index contributed by atoms with van der Waals surface area (Å²) in [6, 6.07) is 9.92. The monoisotopic (exact) mass is 513 g/mol. The Balaban J connectivity index is 1.66. The Morgan fingerprint density at radius 1 is 1.25 bits per heavy atom. The number of aromatic amines is 1. The van der Waals surface area contributed by atoms with Gasteiger partial charge in [0, 0.05) is 48.6 Å². The number of aromatic nitrogens is 1. The molecule has 3 aromatic rings. The molecule has 9 heteroatoms. The molecule has 2 aliphatic rings. The number of nitrogens with zero attached hydrogens (tertiary/aromatic N) is 1. The molecule has 0 bridgehead atoms. The fourth-order valence-corrected chi connectivity index (χ4v) is 6.25. The molecule has 4 N–H and O–H groups in total. The highest BCUT2D eigenvalue weighted by molar-refractivity contribution is 6.31. The van der Waals surface area contributed by atoms with E-state index in [0.29, 0.717) is 31.4 Å². The van der Waals surface area contributed by atoms with Crippen molar-refractivity contribution in [1.82, 2.24) is 15.2 Å². The third-order valence-corrected chi connectivity index (χ3v) is 8.08. The van der Waals surface area contributed by atoms with Crippen LogP contribution in [0.4, 0.5) is 4.39 Å². The fraction of sp³-hybridized carbons (Fsp3) is 0.407. The minimum Gasteiger partial charge on any atom is -0.508 e. The fourth-order valence-electron chi connectivity index (χ4n) is 6.08. The van der Waals surface area contributed by atoms with Crippen LogP contribution < -0.4 is 5.32 Å². The quantitative estimate of drug-likeness (QED) is 0.297. The number of aliphatic hydroxyl groups is 1. The molecule has 3 atom stereocenters. The largest absolute Gasteiger partial charge is 0.508 e. The number of halogens is 2. The van der Waals surface area contributed by atoms with Gasteiger partial charge < -0.3 is 20.5 Å². The summed E-state index contributed by atoms with van der Waals surface area (Å²) < 4.78 is 14.3. The number of amides is 2. The molecule has 2 heterocycles. The second-order valence-electron chi connectivity index (χ2n) is 9.97. The lowest BCUT2D eigenvalue weighted by Crippen LogP contribution is -2.51. The van der Waals surface area contributed by atoms with E-state index >= 15 is 0 Å². The van der Waals surface area contributed by atoms with E-state index in [-0.39, 0.29) is 54.0 Å². The molecule has 1 aliphatic carbocycles. The van der Waals surface area contributed by atoms with Crippen LogP contribution in [0.2, 0.25) is 5.02 Å². The highest BCUT2D eigenvalue weighted by atomic mass is 35.5. The lowest BCUT2D eigenvalue weighted by molar-refractivity contribution is -0.151. The van der Waals surface area contributed by atoms with Crippen LogP contribution in [0.3, 0.4) is 0 Å². The number of phenols is 1. The van der Waals surface area contributed by atoms with Crippen LogP contribution in [0.15, 0.2) is 36.4 Å². The van der Waals surface area contributed by atoms with Gasteiger partial charge in [0.2, 0.25) is 11.8 Å². The Labute approximate surface area is 213 Å². The summed E-state index contributed by atoms with van der Waals surface area (Å²) >= 11 is 6.15. The van der Waals surface area contributed by atoms with Gasteiger partial charge >= 0.3 is 0 Å². The number of benzene rings is 2. The van der Waals surface area contributed by atoms with Gasteiger partial charge in [0.05, 0.1) is 17.0 Å². The predicted molar refractivity (Wildman–Crippen MR) is 134 cm³/mol. The molecule has 2 amide bonds. The Bertz CT molecular complexity index is 1340. The average molecular weight is 514 g/mol. The van der Waals surface area contributed by atoms with Crippen molar-refractivity contribution in [2.24, 2.45) is 11.3 Å². The molecule has 1 saturated heterocycles. The molecule has 7 nitrogen and oxygen atoms in total. The van der Waals surface area contributed by atoms with Gasteiger partial charge in [0.1, 0.15) is 11.6 Å². The number of imide groups is 1. The van der Waals surface area contributed by atoms with Crippen molar-refractivity contribution in [1.29, 1.82) is 0 Å². The third kappa shape index (κ3) is 4.07. The van der Waals surface area contributed by atoms with Crippen molar-refractivity contribution in [3.63, 3.8) is 0 Å². The zero-order chi connectivity index (χ0) is 25.6. The van der Waals surface area contributed by atoms with Gasteiger partial charge in [-0.1, -0.05) is 30.7 Å². The summed E-state index contributed by atoms with van der Waals surface area (Å²) in [5.41, 5.74) is 2.24. The van der Waals surface area contributed by atoms with E-state index in [1.165, 1.54) is 11.0 Å². The summed E-state index contributed by atoms with van der Waals surface area (Å²) in [6.45, 7) is 2.87. The van der Waals surface area contributed by atoms with Crippen LogP contribution in [-0.2, 0) is 16.0 Å². The molecule has 0 saturated carbocycles. The number of carbonyl (C=O) groups is 2. The van der Waals surface area contributed by atoms with E-state index in [1.807, 2.05) is 13.0 Å². The molecule has 1 aromatic heterocycles. The first kappa shape index (κ1) is 24.7. The molecule has 36 heavy (non-hydrogen) atoms. The Morgan fingerprint density at radius 2 is 2.06 bits per heavy atom. The molecule has 190 valence electrons. The number of nitrogens with one attached hydrogen (secondary N) is 2. The number of likely N-dealkylation sites (tertiary alicyclic amines) is 1. The number of aliphatic hydroxyl groups excluding tert-OH is 1. The summed E-state index contributed by atoms with van der Waals surface area (Å²) in [4.78, 5) is 31.9. The first-order chi connectivity index (χ1) is 17.2. The van der Waals surface area contributed by atoms with E-state index in [1.54, 1.807) is 24.3 Å². The topological polar surface area (TPSA) is 106 Å².